The minimum absolute atomic E-state index is 0.0313. The smallest absolute Gasteiger partial charge is 0.412 e. The van der Waals surface area contributed by atoms with Crippen LogP contribution in [0.1, 0.15) is 31.3 Å². The summed E-state index contributed by atoms with van der Waals surface area (Å²) < 4.78 is 13.7. The lowest BCUT2D eigenvalue weighted by Crippen LogP contribution is -2.45. The molecule has 1 aromatic carbocycles. The van der Waals surface area contributed by atoms with Gasteiger partial charge in [0, 0.05) is 5.54 Å². The number of carbonyl (C=O) groups is 2. The number of benzene rings is 1. The Hall–Kier alpha value is -3.16. The molecule has 4 N–H and O–H groups in total. The van der Waals surface area contributed by atoms with Crippen molar-refractivity contribution in [3.05, 3.63) is 48.0 Å². The third-order valence-electron chi connectivity index (χ3n) is 3.33. The number of nitrogens with two attached hydrogens (primary N) is 1. The molecule has 0 saturated carbocycles. The van der Waals surface area contributed by atoms with Crippen LogP contribution in [-0.4, -0.2) is 27.6 Å². The Kier molecular flexibility index (Phi) is 4.92. The van der Waals surface area contributed by atoms with Gasteiger partial charge in [-0.15, -0.1) is 0 Å². The number of rotatable bonds is 3. The molecule has 2 aromatic rings. The molecule has 0 unspecified atom stereocenters. The highest BCUT2D eigenvalue weighted by atomic mass is 19.1. The Morgan fingerprint density at radius 1 is 1.24 bits per heavy atom. The number of anilines is 3. The number of hydrogen-bond donors (Lipinski definition) is 3. The molecule has 2 amide bonds. The van der Waals surface area contributed by atoms with Gasteiger partial charge in [0.2, 0.25) is 0 Å². The molecule has 7 nitrogen and oxygen atoms in total. The Bertz CT molecular complexity index is 801. The van der Waals surface area contributed by atoms with Crippen molar-refractivity contribution in [2.24, 2.45) is 0 Å². The first kappa shape index (κ1) is 18.2. The summed E-state index contributed by atoms with van der Waals surface area (Å²) in [4.78, 5) is 28.9. The molecule has 1 aromatic heterocycles. The number of nitrogens with one attached hydrogen (secondary N) is 1. The fourth-order valence-corrected chi connectivity index (χ4v) is 2.27. The average molecular weight is 346 g/mol. The quantitative estimate of drug-likeness (QED) is 0.790. The molecule has 0 bridgehead atoms. The lowest BCUT2D eigenvalue weighted by molar-refractivity contribution is 0.102. The van der Waals surface area contributed by atoms with E-state index in [1.54, 1.807) is 20.8 Å². The lowest BCUT2D eigenvalue weighted by Gasteiger charge is -2.34. The SMILES string of the molecule is CC(C)(C)N(C(=O)O)c1cc(F)ccc1NC(=O)c1ccc(N)cn1. The van der Waals surface area contributed by atoms with Crippen LogP contribution >= 0.6 is 0 Å². The maximum atomic E-state index is 13.7. The summed E-state index contributed by atoms with van der Waals surface area (Å²) >= 11 is 0. The van der Waals surface area contributed by atoms with Crippen molar-refractivity contribution in [2.45, 2.75) is 26.3 Å². The summed E-state index contributed by atoms with van der Waals surface area (Å²) in [6.07, 6.45) is 0.0679. The first-order valence-corrected chi connectivity index (χ1v) is 7.45. The highest BCUT2D eigenvalue weighted by molar-refractivity contribution is 6.06. The Labute approximate surface area is 144 Å². The van der Waals surface area contributed by atoms with E-state index in [9.17, 15) is 19.1 Å². The van der Waals surface area contributed by atoms with Gasteiger partial charge in [-0.25, -0.2) is 14.2 Å². The van der Waals surface area contributed by atoms with Gasteiger partial charge in [0.1, 0.15) is 11.5 Å². The van der Waals surface area contributed by atoms with Gasteiger partial charge in [-0.3, -0.25) is 9.69 Å². The molecular formula is C17H19FN4O3. The van der Waals surface area contributed by atoms with E-state index in [1.165, 1.54) is 24.4 Å². The molecule has 0 aliphatic heterocycles. The third kappa shape index (κ3) is 4.23. The molecule has 0 saturated heterocycles. The van der Waals surface area contributed by atoms with Gasteiger partial charge in [0.25, 0.3) is 5.91 Å². The monoisotopic (exact) mass is 346 g/mol. The molecule has 0 fully saturated rings. The van der Waals surface area contributed by atoms with E-state index in [0.717, 1.165) is 17.0 Å². The third-order valence-corrected chi connectivity index (χ3v) is 3.33. The highest BCUT2D eigenvalue weighted by Crippen LogP contribution is 2.32. The summed E-state index contributed by atoms with van der Waals surface area (Å²) in [5.74, 6) is -1.18. The van der Waals surface area contributed by atoms with E-state index < -0.39 is 23.4 Å². The molecule has 25 heavy (non-hydrogen) atoms. The van der Waals surface area contributed by atoms with Gasteiger partial charge in [-0.1, -0.05) is 0 Å². The minimum atomic E-state index is -1.26. The molecule has 0 spiro atoms. The number of hydrogen-bond acceptors (Lipinski definition) is 4. The van der Waals surface area contributed by atoms with E-state index in [0.29, 0.717) is 5.69 Å². The van der Waals surface area contributed by atoms with Gasteiger partial charge in [0.15, 0.2) is 0 Å². The summed E-state index contributed by atoms with van der Waals surface area (Å²) in [6.45, 7) is 5.00. The number of aromatic nitrogens is 1. The Morgan fingerprint density at radius 2 is 1.92 bits per heavy atom. The second-order valence-corrected chi connectivity index (χ2v) is 6.38. The molecule has 0 atom stereocenters. The second-order valence-electron chi connectivity index (χ2n) is 6.38. The first-order chi connectivity index (χ1) is 11.6. The largest absolute Gasteiger partial charge is 0.465 e. The molecule has 132 valence electrons. The number of carboxylic acid groups (broad SMARTS) is 1. The first-order valence-electron chi connectivity index (χ1n) is 7.45. The minimum Gasteiger partial charge on any atom is -0.465 e. The van der Waals surface area contributed by atoms with Crippen LogP contribution in [0, 0.1) is 5.82 Å². The standard InChI is InChI=1S/C17H19FN4O3/c1-17(2,3)22(16(24)25)14-8-10(18)4-6-12(14)21-15(23)13-7-5-11(19)9-20-13/h4-9H,19H2,1-3H3,(H,21,23)(H,24,25). The summed E-state index contributed by atoms with van der Waals surface area (Å²) in [7, 11) is 0. The summed E-state index contributed by atoms with van der Waals surface area (Å²) in [5.41, 5.74) is 5.38. The van der Waals surface area contributed by atoms with Gasteiger partial charge in [-0.05, 0) is 51.1 Å². The molecular weight excluding hydrogens is 327 g/mol. The van der Waals surface area contributed by atoms with Crippen LogP contribution in [0.2, 0.25) is 0 Å². The van der Waals surface area contributed by atoms with Crippen LogP contribution in [-0.2, 0) is 0 Å². The van der Waals surface area contributed by atoms with Crippen molar-refractivity contribution in [3.63, 3.8) is 0 Å². The highest BCUT2D eigenvalue weighted by Gasteiger charge is 2.30. The van der Waals surface area contributed by atoms with Gasteiger partial charge >= 0.3 is 6.09 Å². The van der Waals surface area contributed by atoms with Crippen molar-refractivity contribution < 1.29 is 19.1 Å². The van der Waals surface area contributed by atoms with E-state index in [2.05, 4.69) is 10.3 Å². The summed E-state index contributed by atoms with van der Waals surface area (Å²) in [6, 6.07) is 6.46. The van der Waals surface area contributed by atoms with E-state index in [4.69, 9.17) is 5.73 Å². The van der Waals surface area contributed by atoms with Crippen molar-refractivity contribution in [2.75, 3.05) is 16.0 Å². The molecule has 0 radical (unpaired) electrons. The molecule has 0 aliphatic carbocycles. The van der Waals surface area contributed by atoms with Crippen molar-refractivity contribution in [1.82, 2.24) is 4.98 Å². The van der Waals surface area contributed by atoms with Gasteiger partial charge in [-0.2, -0.15) is 0 Å². The van der Waals surface area contributed by atoms with Crippen LogP contribution in [0.15, 0.2) is 36.5 Å². The van der Waals surface area contributed by atoms with E-state index >= 15 is 0 Å². The van der Waals surface area contributed by atoms with Crippen LogP contribution in [0.25, 0.3) is 0 Å². The molecule has 8 heteroatoms. The zero-order valence-electron chi connectivity index (χ0n) is 14.1. The number of carbonyl (C=O) groups excluding carboxylic acids is 1. The molecule has 1 heterocycles. The van der Waals surface area contributed by atoms with Crippen molar-refractivity contribution >= 4 is 29.1 Å². The van der Waals surface area contributed by atoms with Gasteiger partial charge in [0.05, 0.1) is 23.3 Å². The maximum absolute atomic E-state index is 13.7. The van der Waals surface area contributed by atoms with Crippen molar-refractivity contribution in [1.29, 1.82) is 0 Å². The Balaban J connectivity index is 2.43. The molecule has 2 rings (SSSR count). The molecule has 0 aliphatic rings. The topological polar surface area (TPSA) is 109 Å². The van der Waals surface area contributed by atoms with Crippen LogP contribution in [0.5, 0.6) is 0 Å². The average Bonchev–Trinajstić information content (AvgIpc) is 2.48. The predicted octanol–water partition coefficient (Wildman–Crippen LogP) is 3.34. The number of amides is 2. The van der Waals surface area contributed by atoms with Crippen LogP contribution < -0.4 is 16.0 Å². The number of halogens is 1. The number of nitrogens with zero attached hydrogens (tertiary/aromatic N) is 2. The zero-order chi connectivity index (χ0) is 18.8. The van der Waals surface area contributed by atoms with Gasteiger partial charge < -0.3 is 16.2 Å². The number of pyridine rings is 1. The summed E-state index contributed by atoms with van der Waals surface area (Å²) in [5, 5.41) is 12.1. The lowest BCUT2D eigenvalue weighted by atomic mass is 10.0. The number of nitrogen functional groups attached to an aromatic ring is 1. The zero-order valence-corrected chi connectivity index (χ0v) is 14.1. The fourth-order valence-electron chi connectivity index (χ4n) is 2.27. The maximum Gasteiger partial charge on any atom is 0.412 e. The van der Waals surface area contributed by atoms with Crippen LogP contribution in [0.4, 0.5) is 26.2 Å². The van der Waals surface area contributed by atoms with E-state index in [-0.39, 0.29) is 17.1 Å². The Morgan fingerprint density at radius 3 is 2.44 bits per heavy atom. The second kappa shape index (κ2) is 6.76. The predicted molar refractivity (Wildman–Crippen MR) is 93.3 cm³/mol. The van der Waals surface area contributed by atoms with E-state index in [1.807, 2.05) is 0 Å². The normalized spacial score (nSPS) is 11.0. The van der Waals surface area contributed by atoms with Crippen molar-refractivity contribution in [3.8, 4) is 0 Å². The van der Waals surface area contributed by atoms with Crippen LogP contribution in [0.3, 0.4) is 0 Å². The fraction of sp³-hybridized carbons (Fsp3) is 0.235.